The van der Waals surface area contributed by atoms with Crippen LogP contribution in [0.15, 0.2) is 158 Å². The number of hydrogen-bond acceptors (Lipinski definition) is 2. The number of hydrogen-bond donors (Lipinski definition) is 0. The first-order valence-corrected chi connectivity index (χ1v) is 24.6. The van der Waals surface area contributed by atoms with Gasteiger partial charge in [0.05, 0.1) is 0 Å². The molecule has 61 heavy (non-hydrogen) atoms. The highest BCUT2D eigenvalue weighted by molar-refractivity contribution is 7.20. The largest absolute Gasteiger partial charge is 0.457 e. The van der Waals surface area contributed by atoms with E-state index >= 15 is 0 Å². The summed E-state index contributed by atoms with van der Waals surface area (Å²) in [5.41, 5.74) is 8.28. The predicted molar refractivity (Wildman–Crippen MR) is 255 cm³/mol. The Kier molecular flexibility index (Phi) is 8.73. The van der Waals surface area contributed by atoms with Crippen molar-refractivity contribution in [3.05, 3.63) is 191 Å². The second-order valence-corrected chi connectivity index (χ2v) is 22.7. The monoisotopic (exact) mass is 814 g/mol. The van der Waals surface area contributed by atoms with E-state index in [1.807, 2.05) is 0 Å². The van der Waals surface area contributed by atoms with Crippen LogP contribution < -0.4 is 30.2 Å². The van der Waals surface area contributed by atoms with Crippen LogP contribution in [0, 0.1) is 0 Å². The van der Waals surface area contributed by atoms with Crippen LogP contribution in [0.4, 0.5) is 0 Å². The normalized spacial score (nSPS) is 19.2. The lowest BCUT2D eigenvalue weighted by Gasteiger charge is -2.40. The highest BCUT2D eigenvalue weighted by atomic mass is 28.3. The second kappa shape index (κ2) is 14.8. The van der Waals surface area contributed by atoms with Gasteiger partial charge in [0.15, 0.2) is 8.07 Å². The zero-order chi connectivity index (χ0) is 43.2. The molecule has 0 bridgehead atoms. The van der Waals surface area contributed by atoms with Gasteiger partial charge in [0.1, 0.15) is 23.0 Å². The van der Waals surface area contributed by atoms with Gasteiger partial charge in [-0.2, -0.15) is 0 Å². The molecule has 2 aliphatic heterocycles. The van der Waals surface area contributed by atoms with Gasteiger partial charge in [-0.3, -0.25) is 0 Å². The molecule has 0 spiro atoms. The van der Waals surface area contributed by atoms with Gasteiger partial charge >= 0.3 is 0 Å². The predicted octanol–water partition coefficient (Wildman–Crippen LogP) is 12.9. The molecule has 2 nitrogen and oxygen atoms in total. The molecule has 2 fully saturated rings. The number of para-hydroxylation sites is 2. The fraction of sp³-hybridized carbons (Fsp3) is 0.276. The van der Waals surface area contributed by atoms with Crippen molar-refractivity contribution in [3.8, 4) is 34.1 Å². The molecule has 11 rings (SSSR count). The Morgan fingerprint density at radius 1 is 0.475 bits per heavy atom. The summed E-state index contributed by atoms with van der Waals surface area (Å²) < 4.78 is 33.8. The average molecular weight is 815 g/mol. The smallest absolute Gasteiger partial charge is 0.183 e. The van der Waals surface area contributed by atoms with Crippen LogP contribution in [-0.4, -0.2) is 8.07 Å². The maximum atomic E-state index is 10.0. The summed E-state index contributed by atoms with van der Waals surface area (Å²) in [4.78, 5) is 0. The molecule has 0 unspecified atom stereocenters. The molecule has 304 valence electrons. The summed E-state index contributed by atoms with van der Waals surface area (Å²) in [6, 6.07) is 58.0. The summed E-state index contributed by atoms with van der Waals surface area (Å²) in [6.07, 6.45) is 7.72. The Labute approximate surface area is 366 Å². The first kappa shape index (κ1) is 36.1. The van der Waals surface area contributed by atoms with E-state index in [1.165, 1.54) is 31.9 Å². The van der Waals surface area contributed by atoms with Crippen LogP contribution in [0.2, 0.25) is 0 Å². The molecular formula is C58H56O2Si. The van der Waals surface area contributed by atoms with E-state index in [-0.39, 0.29) is 10.8 Å². The van der Waals surface area contributed by atoms with Gasteiger partial charge in [0.25, 0.3) is 0 Å². The van der Waals surface area contributed by atoms with Gasteiger partial charge in [-0.1, -0.05) is 199 Å². The van der Waals surface area contributed by atoms with E-state index < -0.39 is 19.9 Å². The van der Waals surface area contributed by atoms with E-state index in [1.54, 1.807) is 0 Å². The minimum absolute atomic E-state index is 0.266. The SMILES string of the molecule is [2H]C1(c2ccc3c(c2)Oc2c(ccc(C4([2H])CCCC4)c2-c2ccc([Si](c4ccccc4)(c4ccccc4)c4cccc5c4Oc4ccccc4C5(C)C)cc2)C3(C)C)CCCC1. The molecule has 2 heterocycles. The Morgan fingerprint density at radius 3 is 1.67 bits per heavy atom. The third-order valence-corrected chi connectivity index (χ3v) is 19.6. The van der Waals surface area contributed by atoms with Gasteiger partial charge in [-0.15, -0.1) is 0 Å². The Morgan fingerprint density at radius 2 is 1.00 bits per heavy atom. The molecule has 0 atom stereocenters. The Bertz CT molecular complexity index is 2830. The maximum Gasteiger partial charge on any atom is 0.183 e. The molecule has 0 N–H and O–H groups in total. The highest BCUT2D eigenvalue weighted by Gasteiger charge is 2.47. The molecule has 4 aliphatic rings. The minimum atomic E-state index is -3.08. The quantitative estimate of drug-likeness (QED) is 0.118. The number of fused-ring (bicyclic) bond motifs is 4. The zero-order valence-electron chi connectivity index (χ0n) is 38.0. The van der Waals surface area contributed by atoms with Crippen LogP contribution >= 0.6 is 0 Å². The summed E-state index contributed by atoms with van der Waals surface area (Å²) >= 11 is 0. The first-order chi connectivity index (χ1) is 30.4. The van der Waals surface area contributed by atoms with Crippen molar-refractivity contribution in [2.75, 3.05) is 0 Å². The van der Waals surface area contributed by atoms with E-state index in [0.29, 0.717) is 0 Å². The molecule has 2 saturated carbocycles. The van der Waals surface area contributed by atoms with E-state index in [9.17, 15) is 2.74 Å². The molecule has 2 aliphatic carbocycles. The molecule has 0 saturated heterocycles. The van der Waals surface area contributed by atoms with Crippen molar-refractivity contribution in [1.82, 2.24) is 0 Å². The van der Waals surface area contributed by atoms with Gasteiger partial charge in [0, 0.05) is 41.4 Å². The minimum Gasteiger partial charge on any atom is -0.457 e. The fourth-order valence-corrected chi connectivity index (χ4v) is 16.4. The lowest BCUT2D eigenvalue weighted by atomic mass is 9.73. The van der Waals surface area contributed by atoms with Crippen molar-refractivity contribution < 1.29 is 12.2 Å². The zero-order valence-corrected chi connectivity index (χ0v) is 37.0. The van der Waals surface area contributed by atoms with Crippen molar-refractivity contribution in [2.45, 2.75) is 102 Å². The number of benzene rings is 7. The lowest BCUT2D eigenvalue weighted by Crippen LogP contribution is -2.75. The van der Waals surface area contributed by atoms with E-state index in [0.717, 1.165) is 108 Å². The van der Waals surface area contributed by atoms with Crippen LogP contribution in [0.25, 0.3) is 11.1 Å². The topological polar surface area (TPSA) is 18.5 Å². The summed E-state index contributed by atoms with van der Waals surface area (Å²) in [5.74, 6) is 2.31. The average Bonchev–Trinajstić information content (AvgIpc) is 3.97. The second-order valence-electron chi connectivity index (χ2n) is 18.9. The van der Waals surface area contributed by atoms with Gasteiger partial charge < -0.3 is 9.47 Å². The number of rotatable bonds is 7. The molecule has 7 aromatic carbocycles. The van der Waals surface area contributed by atoms with Crippen LogP contribution in [0.3, 0.4) is 0 Å². The third-order valence-electron chi connectivity index (χ3n) is 14.8. The molecule has 7 aromatic rings. The lowest BCUT2D eigenvalue weighted by molar-refractivity contribution is 0.417. The van der Waals surface area contributed by atoms with Gasteiger partial charge in [-0.05, 0) is 87.0 Å². The number of ether oxygens (including phenoxy) is 2. The summed E-state index contributed by atoms with van der Waals surface area (Å²) in [5, 5.41) is 5.07. The van der Waals surface area contributed by atoms with Crippen molar-refractivity contribution in [3.63, 3.8) is 0 Å². The van der Waals surface area contributed by atoms with E-state index in [4.69, 9.17) is 9.47 Å². The maximum absolute atomic E-state index is 10.0. The molecule has 0 radical (unpaired) electrons. The Hall–Kier alpha value is -5.64. The fourth-order valence-electron chi connectivity index (χ4n) is 11.5. The molecular weight excluding hydrogens is 757 g/mol. The van der Waals surface area contributed by atoms with Crippen molar-refractivity contribution >= 4 is 28.8 Å². The van der Waals surface area contributed by atoms with Crippen molar-refractivity contribution in [2.24, 2.45) is 0 Å². The molecule has 3 heteroatoms. The van der Waals surface area contributed by atoms with Crippen molar-refractivity contribution in [1.29, 1.82) is 0 Å². The Balaban J connectivity index is 1.13. The first-order valence-electron chi connectivity index (χ1n) is 23.6. The summed E-state index contributed by atoms with van der Waals surface area (Å²) in [7, 11) is -3.08. The molecule has 0 amide bonds. The van der Waals surface area contributed by atoms with E-state index in [2.05, 4.69) is 185 Å². The van der Waals surface area contributed by atoms with Crippen LogP contribution in [-0.2, 0) is 10.8 Å². The van der Waals surface area contributed by atoms with Gasteiger partial charge in [0.2, 0.25) is 0 Å². The highest BCUT2D eigenvalue weighted by Crippen LogP contribution is 2.55. The van der Waals surface area contributed by atoms with Crippen LogP contribution in [0.5, 0.6) is 23.0 Å². The summed E-state index contributed by atoms with van der Waals surface area (Å²) in [6.45, 7) is 9.26. The third kappa shape index (κ3) is 6.02. The molecule has 0 aromatic heterocycles. The van der Waals surface area contributed by atoms with Crippen LogP contribution in [0.1, 0.15) is 127 Å². The van der Waals surface area contributed by atoms with Gasteiger partial charge in [-0.25, -0.2) is 0 Å². The standard InChI is InChI=1S/C58H56O2Si/c1-57(2)47-26-15-16-28-51(47)59-55-49(57)27-17-29-53(55)61(43-22-7-5-8-23-43,44-24-9-6-10-25-44)45-33-30-41(31-34-45)54-46(40-20-13-14-21-40)35-37-50-56(54)60-52-38-42(39-18-11-12-19-39)32-36-48(52)58(50,3)4/h5-10,15-17,22-40H,11-14,18-21H2,1-4H3/i39D,40D.